The van der Waals surface area contributed by atoms with Gasteiger partial charge in [0, 0.05) is 12.2 Å². The highest BCUT2D eigenvalue weighted by atomic mass is 15.1. The molecule has 0 aliphatic rings. The smallest absolute Gasteiger partial charge is 0.193 e. The molecule has 0 unspecified atom stereocenters. The SMILES string of the molecule is Cc1cccc(NC(N)=NCCc2ccccc2C)c1. The molecule has 0 radical (unpaired) electrons. The number of guanidine groups is 1. The Morgan fingerprint density at radius 2 is 1.90 bits per heavy atom. The van der Waals surface area contributed by atoms with Crippen molar-refractivity contribution in [3.05, 3.63) is 65.2 Å². The summed E-state index contributed by atoms with van der Waals surface area (Å²) in [6.07, 6.45) is 0.906. The van der Waals surface area contributed by atoms with Gasteiger partial charge in [-0.3, -0.25) is 4.99 Å². The van der Waals surface area contributed by atoms with Crippen LogP contribution < -0.4 is 11.1 Å². The van der Waals surface area contributed by atoms with E-state index in [0.717, 1.165) is 12.1 Å². The molecule has 2 rings (SSSR count). The molecule has 104 valence electrons. The van der Waals surface area contributed by atoms with Crippen LogP contribution in [0, 0.1) is 13.8 Å². The third-order valence-electron chi connectivity index (χ3n) is 3.22. The number of nitrogens with zero attached hydrogens (tertiary/aromatic N) is 1. The first-order chi connectivity index (χ1) is 9.65. The first kappa shape index (κ1) is 14.1. The van der Waals surface area contributed by atoms with Crippen LogP contribution in [0.3, 0.4) is 0 Å². The van der Waals surface area contributed by atoms with Crippen LogP contribution in [-0.2, 0) is 6.42 Å². The minimum atomic E-state index is 0.462. The van der Waals surface area contributed by atoms with E-state index < -0.39 is 0 Å². The van der Waals surface area contributed by atoms with E-state index in [1.807, 2.05) is 18.2 Å². The molecule has 0 heterocycles. The van der Waals surface area contributed by atoms with Crippen molar-refractivity contribution in [3.8, 4) is 0 Å². The van der Waals surface area contributed by atoms with E-state index in [0.29, 0.717) is 12.5 Å². The summed E-state index contributed by atoms with van der Waals surface area (Å²) in [6.45, 7) is 4.86. The third kappa shape index (κ3) is 4.12. The normalized spacial score (nSPS) is 11.4. The second kappa shape index (κ2) is 6.75. The molecule has 0 saturated heterocycles. The zero-order chi connectivity index (χ0) is 14.4. The molecule has 0 aliphatic carbocycles. The molecule has 0 aromatic heterocycles. The number of nitrogens with one attached hydrogen (secondary N) is 1. The summed E-state index contributed by atoms with van der Waals surface area (Å²) in [4.78, 5) is 4.37. The van der Waals surface area contributed by atoms with Crippen molar-refractivity contribution in [3.63, 3.8) is 0 Å². The summed E-state index contributed by atoms with van der Waals surface area (Å²) in [5.74, 6) is 0.462. The Labute approximate surface area is 120 Å². The number of aliphatic imine (C=N–C) groups is 1. The zero-order valence-corrected chi connectivity index (χ0v) is 12.1. The van der Waals surface area contributed by atoms with E-state index in [9.17, 15) is 0 Å². The standard InChI is InChI=1S/C17H21N3/c1-13-6-5-9-16(12-13)20-17(18)19-11-10-15-8-4-3-7-14(15)2/h3-9,12H,10-11H2,1-2H3,(H3,18,19,20). The summed E-state index contributed by atoms with van der Waals surface area (Å²) >= 11 is 0. The fourth-order valence-electron chi connectivity index (χ4n) is 2.10. The van der Waals surface area contributed by atoms with E-state index in [-0.39, 0.29) is 0 Å². The lowest BCUT2D eigenvalue weighted by atomic mass is 10.1. The fraction of sp³-hybridized carbons (Fsp3) is 0.235. The van der Waals surface area contributed by atoms with E-state index in [4.69, 9.17) is 5.73 Å². The van der Waals surface area contributed by atoms with Gasteiger partial charge in [-0.15, -0.1) is 0 Å². The maximum atomic E-state index is 5.90. The van der Waals surface area contributed by atoms with Gasteiger partial charge in [0.1, 0.15) is 0 Å². The van der Waals surface area contributed by atoms with Crippen molar-refractivity contribution in [1.82, 2.24) is 0 Å². The maximum Gasteiger partial charge on any atom is 0.193 e. The Kier molecular flexibility index (Phi) is 4.77. The van der Waals surface area contributed by atoms with Crippen LogP contribution in [-0.4, -0.2) is 12.5 Å². The molecule has 20 heavy (non-hydrogen) atoms. The largest absolute Gasteiger partial charge is 0.370 e. The molecule has 0 fully saturated rings. The maximum absolute atomic E-state index is 5.90. The van der Waals surface area contributed by atoms with Crippen molar-refractivity contribution in [2.75, 3.05) is 11.9 Å². The molecule has 3 N–H and O–H groups in total. The van der Waals surface area contributed by atoms with Gasteiger partial charge in [-0.2, -0.15) is 0 Å². The van der Waals surface area contributed by atoms with Gasteiger partial charge in [0.25, 0.3) is 0 Å². The number of nitrogens with two attached hydrogens (primary N) is 1. The lowest BCUT2D eigenvalue weighted by Crippen LogP contribution is -2.23. The van der Waals surface area contributed by atoms with E-state index >= 15 is 0 Å². The van der Waals surface area contributed by atoms with Crippen LogP contribution in [0.2, 0.25) is 0 Å². The second-order valence-corrected chi connectivity index (χ2v) is 4.94. The Hall–Kier alpha value is -2.29. The van der Waals surface area contributed by atoms with Crippen LogP contribution in [0.15, 0.2) is 53.5 Å². The van der Waals surface area contributed by atoms with Gasteiger partial charge in [0.15, 0.2) is 5.96 Å². The molecule has 3 nitrogen and oxygen atoms in total. The highest BCUT2D eigenvalue weighted by Crippen LogP contribution is 2.09. The average Bonchev–Trinajstić information content (AvgIpc) is 2.41. The van der Waals surface area contributed by atoms with Crippen molar-refractivity contribution in [2.45, 2.75) is 20.3 Å². The van der Waals surface area contributed by atoms with Gasteiger partial charge >= 0.3 is 0 Å². The van der Waals surface area contributed by atoms with Crippen molar-refractivity contribution in [2.24, 2.45) is 10.7 Å². The second-order valence-electron chi connectivity index (χ2n) is 4.94. The fourth-order valence-corrected chi connectivity index (χ4v) is 2.10. The summed E-state index contributed by atoms with van der Waals surface area (Å²) in [5, 5.41) is 3.11. The molecule has 0 bridgehead atoms. The number of hydrogen-bond acceptors (Lipinski definition) is 1. The summed E-state index contributed by atoms with van der Waals surface area (Å²) < 4.78 is 0. The van der Waals surface area contributed by atoms with Crippen molar-refractivity contribution < 1.29 is 0 Å². The molecule has 2 aromatic carbocycles. The number of aryl methyl sites for hydroxylation is 2. The molecule has 0 saturated carbocycles. The van der Waals surface area contributed by atoms with E-state index in [2.05, 4.69) is 54.5 Å². The predicted octanol–water partition coefficient (Wildman–Crippen LogP) is 3.27. The summed E-state index contributed by atoms with van der Waals surface area (Å²) in [5.41, 5.74) is 10.7. The first-order valence-corrected chi connectivity index (χ1v) is 6.83. The number of anilines is 1. The van der Waals surface area contributed by atoms with Crippen LogP contribution >= 0.6 is 0 Å². The Bertz CT molecular complexity index is 603. The van der Waals surface area contributed by atoms with Gasteiger partial charge in [0.05, 0.1) is 0 Å². The average molecular weight is 267 g/mol. The van der Waals surface area contributed by atoms with Crippen LogP contribution in [0.5, 0.6) is 0 Å². The lowest BCUT2D eigenvalue weighted by Gasteiger charge is -2.07. The van der Waals surface area contributed by atoms with E-state index in [1.165, 1.54) is 16.7 Å². The topological polar surface area (TPSA) is 50.4 Å². The number of benzene rings is 2. The Morgan fingerprint density at radius 1 is 1.10 bits per heavy atom. The molecule has 0 atom stereocenters. The predicted molar refractivity (Wildman–Crippen MR) is 86.2 cm³/mol. The lowest BCUT2D eigenvalue weighted by molar-refractivity contribution is 0.954. The summed E-state index contributed by atoms with van der Waals surface area (Å²) in [6, 6.07) is 16.4. The molecular weight excluding hydrogens is 246 g/mol. The van der Waals surface area contributed by atoms with Gasteiger partial charge in [-0.05, 0) is 49.1 Å². The van der Waals surface area contributed by atoms with Crippen LogP contribution in [0.1, 0.15) is 16.7 Å². The molecule has 0 aliphatic heterocycles. The highest BCUT2D eigenvalue weighted by Gasteiger charge is 1.98. The highest BCUT2D eigenvalue weighted by molar-refractivity contribution is 5.92. The molecule has 0 spiro atoms. The molecule has 3 heteroatoms. The molecule has 2 aromatic rings. The van der Waals surface area contributed by atoms with Gasteiger partial charge in [-0.1, -0.05) is 36.4 Å². The third-order valence-corrected chi connectivity index (χ3v) is 3.22. The number of hydrogen-bond donors (Lipinski definition) is 2. The van der Waals surface area contributed by atoms with Gasteiger partial charge < -0.3 is 11.1 Å². The van der Waals surface area contributed by atoms with Crippen molar-refractivity contribution in [1.29, 1.82) is 0 Å². The minimum Gasteiger partial charge on any atom is -0.370 e. The zero-order valence-electron chi connectivity index (χ0n) is 12.1. The molecule has 0 amide bonds. The van der Waals surface area contributed by atoms with E-state index in [1.54, 1.807) is 0 Å². The van der Waals surface area contributed by atoms with Crippen molar-refractivity contribution >= 4 is 11.6 Å². The number of rotatable bonds is 4. The van der Waals surface area contributed by atoms with Gasteiger partial charge in [-0.25, -0.2) is 0 Å². The monoisotopic (exact) mass is 267 g/mol. The Morgan fingerprint density at radius 3 is 2.65 bits per heavy atom. The Balaban J connectivity index is 1.90. The summed E-state index contributed by atoms with van der Waals surface area (Å²) in [7, 11) is 0. The van der Waals surface area contributed by atoms with Crippen LogP contribution in [0.25, 0.3) is 0 Å². The van der Waals surface area contributed by atoms with Gasteiger partial charge in [0.2, 0.25) is 0 Å². The minimum absolute atomic E-state index is 0.462. The van der Waals surface area contributed by atoms with Crippen LogP contribution in [0.4, 0.5) is 5.69 Å². The first-order valence-electron chi connectivity index (χ1n) is 6.83. The quantitative estimate of drug-likeness (QED) is 0.660. The molecular formula is C17H21N3.